The molecule has 1 fully saturated rings. The third-order valence-corrected chi connectivity index (χ3v) is 4.51. The molecule has 0 aromatic heterocycles. The summed E-state index contributed by atoms with van der Waals surface area (Å²) in [6, 6.07) is 4.67. The van der Waals surface area contributed by atoms with Gasteiger partial charge < -0.3 is 5.32 Å². The molecule has 1 aromatic carbocycles. The van der Waals surface area contributed by atoms with E-state index in [4.69, 9.17) is 11.6 Å². The van der Waals surface area contributed by atoms with E-state index in [0.29, 0.717) is 11.6 Å². The molecule has 1 aliphatic heterocycles. The normalized spacial score (nSPS) is 16.3. The second kappa shape index (κ2) is 9.30. The van der Waals surface area contributed by atoms with Crippen LogP contribution in [-0.4, -0.2) is 36.5 Å². The van der Waals surface area contributed by atoms with E-state index >= 15 is 0 Å². The van der Waals surface area contributed by atoms with Gasteiger partial charge in [-0.3, -0.25) is 15.0 Å². The van der Waals surface area contributed by atoms with Gasteiger partial charge in [0, 0.05) is 23.7 Å². The highest BCUT2D eigenvalue weighted by Gasteiger charge is 2.20. The lowest BCUT2D eigenvalue weighted by molar-refractivity contribution is -0.384. The minimum absolute atomic E-state index is 0. The predicted molar refractivity (Wildman–Crippen MR) is 91.9 cm³/mol. The van der Waals surface area contributed by atoms with Gasteiger partial charge in [0.1, 0.15) is 0 Å². The second-order valence-corrected chi connectivity index (χ2v) is 6.05. The summed E-state index contributed by atoms with van der Waals surface area (Å²) < 4.78 is 0. The Kier molecular flexibility index (Phi) is 8.10. The van der Waals surface area contributed by atoms with Crippen molar-refractivity contribution in [3.05, 3.63) is 38.9 Å². The zero-order valence-electron chi connectivity index (χ0n) is 12.8. The SMILES string of the molecule is CNCCC1CCN(Cc2cc([N+](=O)[O-])ccc2Cl)CC1.Cl. The van der Waals surface area contributed by atoms with Gasteiger partial charge in [0.15, 0.2) is 0 Å². The van der Waals surface area contributed by atoms with E-state index in [1.54, 1.807) is 12.1 Å². The minimum atomic E-state index is -0.371. The van der Waals surface area contributed by atoms with Crippen LogP contribution in [0.25, 0.3) is 0 Å². The zero-order valence-corrected chi connectivity index (χ0v) is 14.3. The highest BCUT2D eigenvalue weighted by Crippen LogP contribution is 2.26. The van der Waals surface area contributed by atoms with E-state index in [0.717, 1.165) is 31.1 Å². The maximum Gasteiger partial charge on any atom is 0.269 e. The fourth-order valence-electron chi connectivity index (χ4n) is 2.82. The lowest BCUT2D eigenvalue weighted by Crippen LogP contribution is -2.34. The number of halogens is 2. The van der Waals surface area contributed by atoms with Crippen molar-refractivity contribution in [2.45, 2.75) is 25.8 Å². The van der Waals surface area contributed by atoms with Crippen molar-refractivity contribution >= 4 is 29.7 Å². The van der Waals surface area contributed by atoms with Crippen LogP contribution in [0.2, 0.25) is 5.02 Å². The molecule has 1 N–H and O–H groups in total. The van der Waals surface area contributed by atoms with E-state index in [1.165, 1.54) is 25.3 Å². The highest BCUT2D eigenvalue weighted by atomic mass is 35.5. The second-order valence-electron chi connectivity index (χ2n) is 5.64. The average molecular weight is 348 g/mol. The molecular formula is C15H23Cl2N3O2. The predicted octanol–water partition coefficient (Wildman–Crippen LogP) is 3.49. The largest absolute Gasteiger partial charge is 0.320 e. The molecule has 2 rings (SSSR count). The number of rotatable bonds is 6. The summed E-state index contributed by atoms with van der Waals surface area (Å²) in [7, 11) is 1.99. The summed E-state index contributed by atoms with van der Waals surface area (Å²) >= 11 is 6.16. The molecule has 22 heavy (non-hydrogen) atoms. The fourth-order valence-corrected chi connectivity index (χ4v) is 3.00. The summed E-state index contributed by atoms with van der Waals surface area (Å²) in [5.41, 5.74) is 0.956. The van der Waals surface area contributed by atoms with E-state index in [2.05, 4.69) is 10.2 Å². The van der Waals surface area contributed by atoms with Crippen LogP contribution in [0.3, 0.4) is 0 Å². The molecule has 0 atom stereocenters. The lowest BCUT2D eigenvalue weighted by Gasteiger charge is -2.32. The third-order valence-electron chi connectivity index (χ3n) is 4.14. The van der Waals surface area contributed by atoms with Crippen LogP contribution < -0.4 is 5.32 Å². The lowest BCUT2D eigenvalue weighted by atomic mass is 9.93. The monoisotopic (exact) mass is 347 g/mol. The van der Waals surface area contributed by atoms with Gasteiger partial charge in [-0.05, 0) is 63.5 Å². The van der Waals surface area contributed by atoms with E-state index in [-0.39, 0.29) is 23.0 Å². The van der Waals surface area contributed by atoms with Gasteiger partial charge in [-0.25, -0.2) is 0 Å². The number of likely N-dealkylation sites (tertiary alicyclic amines) is 1. The van der Waals surface area contributed by atoms with Crippen molar-refractivity contribution < 1.29 is 4.92 Å². The van der Waals surface area contributed by atoms with Gasteiger partial charge in [0.25, 0.3) is 5.69 Å². The number of piperidine rings is 1. The van der Waals surface area contributed by atoms with Crippen LogP contribution in [0, 0.1) is 16.0 Å². The first-order chi connectivity index (χ1) is 10.1. The number of nitrogens with one attached hydrogen (secondary N) is 1. The Balaban J connectivity index is 0.00000242. The molecule has 7 heteroatoms. The fraction of sp³-hybridized carbons (Fsp3) is 0.600. The molecular weight excluding hydrogens is 325 g/mol. The Hall–Kier alpha value is -0.880. The molecule has 0 radical (unpaired) electrons. The standard InChI is InChI=1S/C15H22ClN3O2.ClH/c1-17-7-4-12-5-8-18(9-6-12)11-13-10-14(19(20)21)2-3-15(13)16;/h2-3,10,12,17H,4-9,11H2,1H3;1H. The van der Waals surface area contributed by atoms with E-state index in [9.17, 15) is 10.1 Å². The van der Waals surface area contributed by atoms with Crippen LogP contribution in [-0.2, 0) is 6.54 Å². The number of nitro benzene ring substituents is 1. The Morgan fingerprint density at radius 2 is 2.09 bits per heavy atom. The molecule has 0 aliphatic carbocycles. The van der Waals surface area contributed by atoms with Crippen molar-refractivity contribution in [2.75, 3.05) is 26.7 Å². The van der Waals surface area contributed by atoms with Gasteiger partial charge in [0.05, 0.1) is 4.92 Å². The first-order valence-electron chi connectivity index (χ1n) is 7.40. The molecule has 0 spiro atoms. The van der Waals surface area contributed by atoms with Gasteiger partial charge >= 0.3 is 0 Å². The van der Waals surface area contributed by atoms with Gasteiger partial charge in [-0.1, -0.05) is 11.6 Å². The summed E-state index contributed by atoms with van der Waals surface area (Å²) in [6.45, 7) is 3.83. The maximum absolute atomic E-state index is 10.8. The summed E-state index contributed by atoms with van der Waals surface area (Å²) in [4.78, 5) is 12.8. The Bertz CT molecular complexity index is 492. The van der Waals surface area contributed by atoms with E-state index < -0.39 is 0 Å². The highest BCUT2D eigenvalue weighted by molar-refractivity contribution is 6.31. The molecule has 5 nitrogen and oxygen atoms in total. The molecule has 0 saturated carbocycles. The molecule has 0 bridgehead atoms. The number of nitrogens with zero attached hydrogens (tertiary/aromatic N) is 2. The number of benzene rings is 1. The van der Waals surface area contributed by atoms with Crippen LogP contribution in [0.15, 0.2) is 18.2 Å². The van der Waals surface area contributed by atoms with Gasteiger partial charge in [-0.15, -0.1) is 12.4 Å². The minimum Gasteiger partial charge on any atom is -0.320 e. The Morgan fingerprint density at radius 1 is 1.41 bits per heavy atom. The molecule has 1 aromatic rings. The number of hydrogen-bond donors (Lipinski definition) is 1. The van der Waals surface area contributed by atoms with Gasteiger partial charge in [0.2, 0.25) is 0 Å². The van der Waals surface area contributed by atoms with E-state index in [1.807, 2.05) is 7.05 Å². The quantitative estimate of drug-likeness (QED) is 0.632. The molecule has 0 unspecified atom stereocenters. The third kappa shape index (κ3) is 5.39. The summed E-state index contributed by atoms with van der Waals surface area (Å²) in [6.07, 6.45) is 3.60. The average Bonchev–Trinajstić information content (AvgIpc) is 2.48. The van der Waals surface area contributed by atoms with Crippen molar-refractivity contribution in [3.8, 4) is 0 Å². The first-order valence-corrected chi connectivity index (χ1v) is 7.77. The van der Waals surface area contributed by atoms with Crippen LogP contribution in [0.4, 0.5) is 5.69 Å². The van der Waals surface area contributed by atoms with Crippen LogP contribution in [0.1, 0.15) is 24.8 Å². The number of non-ortho nitro benzene ring substituents is 1. The van der Waals surface area contributed by atoms with Crippen LogP contribution in [0.5, 0.6) is 0 Å². The summed E-state index contributed by atoms with van der Waals surface area (Å²) in [5, 5.41) is 14.6. The topological polar surface area (TPSA) is 58.4 Å². The number of hydrogen-bond acceptors (Lipinski definition) is 4. The first kappa shape index (κ1) is 19.2. The maximum atomic E-state index is 10.8. The van der Waals surface area contributed by atoms with Crippen molar-refractivity contribution in [1.82, 2.24) is 10.2 Å². The van der Waals surface area contributed by atoms with Crippen molar-refractivity contribution in [1.29, 1.82) is 0 Å². The Morgan fingerprint density at radius 3 is 2.68 bits per heavy atom. The van der Waals surface area contributed by atoms with Crippen molar-refractivity contribution in [2.24, 2.45) is 5.92 Å². The van der Waals surface area contributed by atoms with Crippen molar-refractivity contribution in [3.63, 3.8) is 0 Å². The Labute approximate surface area is 142 Å². The summed E-state index contributed by atoms with van der Waals surface area (Å²) in [5.74, 6) is 0.786. The van der Waals surface area contributed by atoms with Gasteiger partial charge in [-0.2, -0.15) is 0 Å². The molecule has 124 valence electrons. The smallest absolute Gasteiger partial charge is 0.269 e. The molecule has 1 aliphatic rings. The molecule has 1 heterocycles. The molecule has 1 saturated heterocycles. The zero-order chi connectivity index (χ0) is 15.2. The van der Waals surface area contributed by atoms with Crippen LogP contribution >= 0.6 is 24.0 Å². The molecule has 0 amide bonds. The number of nitro groups is 1.